The van der Waals surface area contributed by atoms with Gasteiger partial charge in [0.2, 0.25) is 0 Å². The predicted molar refractivity (Wildman–Crippen MR) is 146 cm³/mol. The van der Waals surface area contributed by atoms with Gasteiger partial charge in [-0.15, -0.1) is 0 Å². The third-order valence-corrected chi connectivity index (χ3v) is 7.10. The number of carbonyl (C=O) groups is 1. The van der Waals surface area contributed by atoms with E-state index in [4.69, 9.17) is 9.15 Å². The second-order valence-electron chi connectivity index (χ2n) is 9.92. The number of ether oxygens (including phenoxy) is 1. The van der Waals surface area contributed by atoms with Crippen molar-refractivity contribution in [2.24, 2.45) is 0 Å². The lowest BCUT2D eigenvalue weighted by molar-refractivity contribution is 0.0804. The summed E-state index contributed by atoms with van der Waals surface area (Å²) < 4.78 is 11.6. The van der Waals surface area contributed by atoms with Gasteiger partial charge in [-0.25, -0.2) is 0 Å². The average molecular weight is 498 g/mol. The topological polar surface area (TPSA) is 71.7 Å². The van der Waals surface area contributed by atoms with E-state index in [0.29, 0.717) is 12.2 Å². The molecule has 1 amide bonds. The second kappa shape index (κ2) is 11.5. The number of aliphatic hydroxyl groups excluding tert-OH is 1. The molecule has 0 aliphatic heterocycles. The molecule has 0 saturated heterocycles. The Morgan fingerprint density at radius 1 is 0.946 bits per heavy atom. The normalized spacial score (nSPS) is 13.1. The Balaban J connectivity index is 1.55. The Morgan fingerprint density at radius 2 is 1.59 bits per heavy atom. The van der Waals surface area contributed by atoms with Crippen LogP contribution in [0, 0.1) is 0 Å². The number of benzene rings is 3. The van der Waals surface area contributed by atoms with Crippen LogP contribution in [0.25, 0.3) is 0 Å². The Hall–Kier alpha value is -3.83. The maximum absolute atomic E-state index is 13.2. The summed E-state index contributed by atoms with van der Waals surface area (Å²) in [5.74, 6) is 1.26. The molecule has 2 unspecified atom stereocenters. The highest BCUT2D eigenvalue weighted by atomic mass is 16.5. The van der Waals surface area contributed by atoms with Crippen LogP contribution in [0.15, 0.2) is 95.4 Å². The molecule has 37 heavy (non-hydrogen) atoms. The molecular formula is C32H35NO4. The zero-order chi connectivity index (χ0) is 26.4. The van der Waals surface area contributed by atoms with Gasteiger partial charge in [0.15, 0.2) is 5.76 Å². The van der Waals surface area contributed by atoms with E-state index in [1.165, 1.54) is 5.56 Å². The molecule has 2 atom stereocenters. The molecule has 5 heteroatoms. The van der Waals surface area contributed by atoms with Crippen molar-refractivity contribution in [1.82, 2.24) is 5.32 Å². The van der Waals surface area contributed by atoms with Crippen LogP contribution in [0.5, 0.6) is 5.75 Å². The number of aliphatic hydroxyl groups is 1. The molecule has 5 nitrogen and oxygen atoms in total. The van der Waals surface area contributed by atoms with Crippen molar-refractivity contribution in [2.75, 3.05) is 7.11 Å². The largest absolute Gasteiger partial charge is 0.496 e. The summed E-state index contributed by atoms with van der Waals surface area (Å²) in [5, 5.41) is 14.1. The number of methoxy groups -OCH3 is 1. The first-order valence-electron chi connectivity index (χ1n) is 12.7. The lowest BCUT2D eigenvalue weighted by atomic mass is 9.81. The van der Waals surface area contributed by atoms with Crippen LogP contribution < -0.4 is 10.1 Å². The van der Waals surface area contributed by atoms with Gasteiger partial charge in [-0.05, 0) is 46.7 Å². The number of amides is 1. The van der Waals surface area contributed by atoms with Gasteiger partial charge in [0.05, 0.1) is 13.2 Å². The molecule has 192 valence electrons. The smallest absolute Gasteiger partial charge is 0.287 e. The highest BCUT2D eigenvalue weighted by Crippen LogP contribution is 2.33. The van der Waals surface area contributed by atoms with Crippen molar-refractivity contribution in [2.45, 2.75) is 51.2 Å². The lowest BCUT2D eigenvalue weighted by Gasteiger charge is -2.25. The summed E-state index contributed by atoms with van der Waals surface area (Å²) in [6.45, 7) is 6.63. The highest BCUT2D eigenvalue weighted by Gasteiger charge is 2.26. The van der Waals surface area contributed by atoms with Crippen molar-refractivity contribution in [3.63, 3.8) is 0 Å². The Bertz CT molecular complexity index is 1310. The summed E-state index contributed by atoms with van der Waals surface area (Å²) in [7, 11) is 1.66. The zero-order valence-corrected chi connectivity index (χ0v) is 21.9. The first-order chi connectivity index (χ1) is 17.8. The molecule has 0 aliphatic carbocycles. The zero-order valence-electron chi connectivity index (χ0n) is 21.9. The molecule has 1 aromatic heterocycles. The molecule has 1 heterocycles. The molecule has 0 radical (unpaired) electrons. The van der Waals surface area contributed by atoms with Gasteiger partial charge in [0.1, 0.15) is 17.6 Å². The SMILES string of the molecule is CCC(C)(C)c1ccc(OC)c(Cc2ccc(C(=O)NC(c3ccccc3)C(O)c3ccccc3)o2)c1. The molecular weight excluding hydrogens is 462 g/mol. The monoisotopic (exact) mass is 497 g/mol. The first-order valence-corrected chi connectivity index (χ1v) is 12.7. The fraction of sp³-hybridized carbons (Fsp3) is 0.281. The molecule has 3 aromatic carbocycles. The average Bonchev–Trinajstić information content (AvgIpc) is 3.41. The quantitative estimate of drug-likeness (QED) is 0.254. The summed E-state index contributed by atoms with van der Waals surface area (Å²) in [5.41, 5.74) is 3.81. The summed E-state index contributed by atoms with van der Waals surface area (Å²) in [6.07, 6.45) is 0.594. The van der Waals surface area contributed by atoms with E-state index in [2.05, 4.69) is 38.2 Å². The van der Waals surface area contributed by atoms with Gasteiger partial charge in [0, 0.05) is 12.0 Å². The fourth-order valence-corrected chi connectivity index (χ4v) is 4.38. The van der Waals surface area contributed by atoms with Crippen LogP contribution in [-0.4, -0.2) is 18.1 Å². The number of furan rings is 1. The maximum Gasteiger partial charge on any atom is 0.287 e. The minimum absolute atomic E-state index is 0.0429. The first kappa shape index (κ1) is 26.2. The van der Waals surface area contributed by atoms with E-state index in [0.717, 1.165) is 28.9 Å². The minimum atomic E-state index is -0.920. The Labute approximate surface area is 219 Å². The summed E-state index contributed by atoms with van der Waals surface area (Å²) in [4.78, 5) is 13.2. The van der Waals surface area contributed by atoms with Crippen LogP contribution in [0.3, 0.4) is 0 Å². The van der Waals surface area contributed by atoms with Gasteiger partial charge < -0.3 is 19.6 Å². The van der Waals surface area contributed by atoms with Crippen LogP contribution in [0.4, 0.5) is 0 Å². The van der Waals surface area contributed by atoms with Crippen molar-refractivity contribution < 1.29 is 19.1 Å². The molecule has 0 aliphatic rings. The van der Waals surface area contributed by atoms with Gasteiger partial charge in [0.25, 0.3) is 5.91 Å². The molecule has 0 bridgehead atoms. The summed E-state index contributed by atoms with van der Waals surface area (Å²) in [6, 6.07) is 27.9. The molecule has 4 rings (SSSR count). The molecule has 0 spiro atoms. The lowest BCUT2D eigenvalue weighted by Crippen LogP contribution is -2.32. The maximum atomic E-state index is 13.2. The van der Waals surface area contributed by atoms with Crippen molar-refractivity contribution in [3.8, 4) is 5.75 Å². The fourth-order valence-electron chi connectivity index (χ4n) is 4.38. The van der Waals surface area contributed by atoms with Crippen LogP contribution in [0.2, 0.25) is 0 Å². The van der Waals surface area contributed by atoms with Crippen molar-refractivity contribution in [1.29, 1.82) is 0 Å². The third-order valence-electron chi connectivity index (χ3n) is 7.10. The van der Waals surface area contributed by atoms with Gasteiger partial charge in [-0.3, -0.25) is 4.79 Å². The predicted octanol–water partition coefficient (Wildman–Crippen LogP) is 6.77. The van der Waals surface area contributed by atoms with E-state index in [1.807, 2.05) is 72.8 Å². The summed E-state index contributed by atoms with van der Waals surface area (Å²) >= 11 is 0. The molecule has 0 saturated carbocycles. The second-order valence-corrected chi connectivity index (χ2v) is 9.92. The van der Waals surface area contributed by atoms with E-state index in [-0.39, 0.29) is 17.1 Å². The molecule has 0 fully saturated rings. The molecule has 2 N–H and O–H groups in total. The van der Waals surface area contributed by atoms with Crippen molar-refractivity contribution >= 4 is 5.91 Å². The van der Waals surface area contributed by atoms with E-state index >= 15 is 0 Å². The minimum Gasteiger partial charge on any atom is -0.496 e. The van der Waals surface area contributed by atoms with E-state index in [9.17, 15) is 9.90 Å². The van der Waals surface area contributed by atoms with E-state index < -0.39 is 12.1 Å². The number of carbonyl (C=O) groups excluding carboxylic acids is 1. The number of hydrogen-bond donors (Lipinski definition) is 2. The van der Waals surface area contributed by atoms with Crippen LogP contribution in [-0.2, 0) is 11.8 Å². The third kappa shape index (κ3) is 6.12. The Kier molecular flexibility index (Phi) is 8.14. The van der Waals surface area contributed by atoms with Crippen molar-refractivity contribution in [3.05, 3.63) is 125 Å². The highest BCUT2D eigenvalue weighted by molar-refractivity contribution is 5.91. The van der Waals surface area contributed by atoms with Crippen LogP contribution in [0.1, 0.15) is 77.9 Å². The molecule has 4 aromatic rings. The van der Waals surface area contributed by atoms with Crippen LogP contribution >= 0.6 is 0 Å². The standard InChI is InChI=1S/C32H35NO4/c1-5-32(2,3)25-16-18-27(36-4)24(20-25)21-26-17-19-28(37-26)31(35)33-29(22-12-8-6-9-13-22)30(34)23-14-10-7-11-15-23/h6-20,29-30,34H,5,21H2,1-4H3,(H,33,35). The van der Waals surface area contributed by atoms with Gasteiger partial charge >= 0.3 is 0 Å². The van der Waals surface area contributed by atoms with Gasteiger partial charge in [-0.1, -0.05) is 93.6 Å². The van der Waals surface area contributed by atoms with E-state index in [1.54, 1.807) is 13.2 Å². The number of hydrogen-bond acceptors (Lipinski definition) is 4. The Morgan fingerprint density at radius 3 is 2.22 bits per heavy atom. The number of rotatable bonds is 10. The number of nitrogens with one attached hydrogen (secondary N) is 1. The van der Waals surface area contributed by atoms with Gasteiger partial charge in [-0.2, -0.15) is 0 Å².